The van der Waals surface area contributed by atoms with Crippen LogP contribution in [0.5, 0.6) is 0 Å². The largest absolute Gasteiger partial charge is 0.341 e. The monoisotopic (exact) mass is 284 g/mol. The first kappa shape index (κ1) is 14.7. The minimum absolute atomic E-state index is 0.243. The van der Waals surface area contributed by atoms with Gasteiger partial charge in [-0.15, -0.1) is 0 Å². The van der Waals surface area contributed by atoms with Crippen LogP contribution in [-0.2, 0) is 9.59 Å². The Kier molecular flexibility index (Phi) is 5.55. The number of hydrogen-bond donors (Lipinski definition) is 0. The first-order valence-corrected chi connectivity index (χ1v) is 8.67. The van der Waals surface area contributed by atoms with Crippen molar-refractivity contribution in [2.75, 3.05) is 38.2 Å². The highest BCUT2D eigenvalue weighted by Crippen LogP contribution is 2.28. The lowest BCUT2D eigenvalue weighted by Crippen LogP contribution is -2.41. The van der Waals surface area contributed by atoms with Crippen LogP contribution in [-0.4, -0.2) is 59.8 Å². The van der Waals surface area contributed by atoms with Crippen molar-refractivity contribution in [2.24, 2.45) is 5.92 Å². The van der Waals surface area contributed by atoms with Gasteiger partial charge in [0.2, 0.25) is 11.8 Å². The van der Waals surface area contributed by atoms with Crippen LogP contribution in [0, 0.1) is 5.92 Å². The number of rotatable bonds is 4. The molecule has 1 aliphatic carbocycles. The summed E-state index contributed by atoms with van der Waals surface area (Å²) in [5.74, 6) is 1.73. The maximum atomic E-state index is 12.2. The van der Waals surface area contributed by atoms with E-state index < -0.39 is 0 Å². The summed E-state index contributed by atoms with van der Waals surface area (Å²) < 4.78 is 0. The SMILES string of the molecule is CSCCC(=O)N1CCCN(C(=O)C2CCC2)CC1. The van der Waals surface area contributed by atoms with E-state index in [-0.39, 0.29) is 11.8 Å². The maximum Gasteiger partial charge on any atom is 0.225 e. The van der Waals surface area contributed by atoms with Crippen molar-refractivity contribution >= 4 is 23.6 Å². The van der Waals surface area contributed by atoms with Gasteiger partial charge < -0.3 is 9.80 Å². The molecule has 5 heteroatoms. The molecule has 108 valence electrons. The van der Waals surface area contributed by atoms with E-state index in [9.17, 15) is 9.59 Å². The van der Waals surface area contributed by atoms with Gasteiger partial charge in [0.1, 0.15) is 0 Å². The quantitative estimate of drug-likeness (QED) is 0.787. The number of hydrogen-bond acceptors (Lipinski definition) is 3. The van der Waals surface area contributed by atoms with Crippen molar-refractivity contribution in [2.45, 2.75) is 32.1 Å². The molecule has 1 saturated heterocycles. The second-order valence-electron chi connectivity index (χ2n) is 5.43. The van der Waals surface area contributed by atoms with Crippen molar-refractivity contribution in [3.05, 3.63) is 0 Å². The average Bonchev–Trinajstić information content (AvgIpc) is 2.59. The minimum Gasteiger partial charge on any atom is -0.341 e. The molecule has 0 aromatic heterocycles. The van der Waals surface area contributed by atoms with Crippen LogP contribution in [0.15, 0.2) is 0 Å². The second-order valence-corrected chi connectivity index (χ2v) is 6.42. The lowest BCUT2D eigenvalue weighted by atomic mass is 9.84. The molecule has 0 aromatic rings. The molecule has 2 aliphatic rings. The van der Waals surface area contributed by atoms with Gasteiger partial charge in [0, 0.05) is 44.3 Å². The smallest absolute Gasteiger partial charge is 0.225 e. The third kappa shape index (κ3) is 3.88. The Morgan fingerprint density at radius 1 is 1.05 bits per heavy atom. The molecule has 1 heterocycles. The van der Waals surface area contributed by atoms with Crippen LogP contribution in [0.2, 0.25) is 0 Å². The fourth-order valence-electron chi connectivity index (χ4n) is 2.65. The normalized spacial score (nSPS) is 20.9. The van der Waals surface area contributed by atoms with E-state index in [2.05, 4.69) is 0 Å². The van der Waals surface area contributed by atoms with Gasteiger partial charge >= 0.3 is 0 Å². The molecular formula is C14H24N2O2S. The molecule has 0 radical (unpaired) electrons. The Labute approximate surface area is 119 Å². The molecule has 2 fully saturated rings. The Morgan fingerprint density at radius 3 is 2.37 bits per heavy atom. The van der Waals surface area contributed by atoms with Crippen molar-refractivity contribution in [1.82, 2.24) is 9.80 Å². The van der Waals surface area contributed by atoms with Gasteiger partial charge in [0.05, 0.1) is 0 Å². The Morgan fingerprint density at radius 2 is 1.74 bits per heavy atom. The predicted octanol–water partition coefficient (Wildman–Crippen LogP) is 1.60. The molecular weight excluding hydrogens is 260 g/mol. The molecule has 2 rings (SSSR count). The third-order valence-corrected chi connectivity index (χ3v) is 4.75. The summed E-state index contributed by atoms with van der Waals surface area (Å²) in [7, 11) is 0. The van der Waals surface area contributed by atoms with Gasteiger partial charge in [-0.1, -0.05) is 6.42 Å². The van der Waals surface area contributed by atoms with Crippen molar-refractivity contribution in [3.63, 3.8) is 0 Å². The Bertz CT molecular complexity index is 331. The van der Waals surface area contributed by atoms with Gasteiger partial charge in [-0.3, -0.25) is 9.59 Å². The molecule has 4 nitrogen and oxygen atoms in total. The van der Waals surface area contributed by atoms with Crippen LogP contribution >= 0.6 is 11.8 Å². The fourth-order valence-corrected chi connectivity index (χ4v) is 3.03. The van der Waals surface area contributed by atoms with Crippen molar-refractivity contribution in [1.29, 1.82) is 0 Å². The van der Waals surface area contributed by atoms with E-state index in [1.165, 1.54) is 6.42 Å². The summed E-state index contributed by atoms with van der Waals surface area (Å²) in [5, 5.41) is 0. The van der Waals surface area contributed by atoms with Gasteiger partial charge in [-0.25, -0.2) is 0 Å². The number of thioether (sulfide) groups is 1. The van der Waals surface area contributed by atoms with Crippen LogP contribution in [0.1, 0.15) is 32.1 Å². The Hall–Kier alpha value is -0.710. The van der Waals surface area contributed by atoms with E-state index in [4.69, 9.17) is 0 Å². The Balaban J connectivity index is 1.80. The van der Waals surface area contributed by atoms with Gasteiger partial charge in [0.15, 0.2) is 0 Å². The van der Waals surface area contributed by atoms with Crippen LogP contribution in [0.3, 0.4) is 0 Å². The maximum absolute atomic E-state index is 12.2. The zero-order valence-corrected chi connectivity index (χ0v) is 12.6. The zero-order chi connectivity index (χ0) is 13.7. The first-order chi connectivity index (χ1) is 9.22. The van der Waals surface area contributed by atoms with Crippen LogP contribution in [0.4, 0.5) is 0 Å². The third-order valence-electron chi connectivity index (χ3n) is 4.13. The van der Waals surface area contributed by atoms with E-state index in [1.807, 2.05) is 16.1 Å². The summed E-state index contributed by atoms with van der Waals surface area (Å²) in [4.78, 5) is 28.1. The highest BCUT2D eigenvalue weighted by atomic mass is 32.2. The topological polar surface area (TPSA) is 40.6 Å². The molecule has 0 atom stereocenters. The standard InChI is InChI=1S/C14H24N2O2S/c1-19-11-6-13(17)15-7-3-8-16(10-9-15)14(18)12-4-2-5-12/h12H,2-11H2,1H3. The molecule has 0 spiro atoms. The van der Waals surface area contributed by atoms with E-state index in [1.54, 1.807) is 11.8 Å². The molecule has 2 amide bonds. The highest BCUT2D eigenvalue weighted by Gasteiger charge is 2.30. The second kappa shape index (κ2) is 7.17. The first-order valence-electron chi connectivity index (χ1n) is 7.28. The minimum atomic E-state index is 0.243. The molecule has 1 aliphatic heterocycles. The number of nitrogens with zero attached hydrogens (tertiary/aromatic N) is 2. The lowest BCUT2D eigenvalue weighted by molar-refractivity contribution is -0.138. The average molecular weight is 284 g/mol. The van der Waals surface area contributed by atoms with Gasteiger partial charge in [-0.05, 0) is 25.5 Å². The molecule has 1 saturated carbocycles. The summed E-state index contributed by atoms with van der Waals surface area (Å²) in [6.45, 7) is 3.06. The predicted molar refractivity (Wildman–Crippen MR) is 78.1 cm³/mol. The van der Waals surface area contributed by atoms with Crippen LogP contribution < -0.4 is 0 Å². The molecule has 0 aromatic carbocycles. The molecule has 0 N–H and O–H groups in total. The van der Waals surface area contributed by atoms with Gasteiger partial charge in [-0.2, -0.15) is 11.8 Å². The number of carbonyl (C=O) groups is 2. The fraction of sp³-hybridized carbons (Fsp3) is 0.857. The van der Waals surface area contributed by atoms with E-state index in [0.29, 0.717) is 18.9 Å². The summed E-state index contributed by atoms with van der Waals surface area (Å²) in [6, 6.07) is 0. The van der Waals surface area contributed by atoms with Gasteiger partial charge in [0.25, 0.3) is 0 Å². The lowest BCUT2D eigenvalue weighted by Gasteiger charge is -2.31. The molecule has 0 unspecified atom stereocenters. The van der Waals surface area contributed by atoms with E-state index >= 15 is 0 Å². The summed E-state index contributed by atoms with van der Waals surface area (Å²) in [6.07, 6.45) is 6.89. The number of carbonyl (C=O) groups excluding carboxylic acids is 2. The highest BCUT2D eigenvalue weighted by molar-refractivity contribution is 7.98. The zero-order valence-electron chi connectivity index (χ0n) is 11.8. The summed E-state index contributed by atoms with van der Waals surface area (Å²) in [5.41, 5.74) is 0. The van der Waals surface area contributed by atoms with Crippen LogP contribution in [0.25, 0.3) is 0 Å². The molecule has 19 heavy (non-hydrogen) atoms. The number of amides is 2. The summed E-state index contributed by atoms with van der Waals surface area (Å²) >= 11 is 1.71. The van der Waals surface area contributed by atoms with E-state index in [0.717, 1.165) is 44.6 Å². The van der Waals surface area contributed by atoms with Crippen molar-refractivity contribution in [3.8, 4) is 0 Å². The molecule has 0 bridgehead atoms. The van der Waals surface area contributed by atoms with Crippen molar-refractivity contribution < 1.29 is 9.59 Å².